The molecular weight excluding hydrogens is 480 g/mol. The van der Waals surface area contributed by atoms with E-state index in [9.17, 15) is 16.8 Å². The fourth-order valence-corrected chi connectivity index (χ4v) is 7.61. The van der Waals surface area contributed by atoms with E-state index in [1.165, 1.54) is 8.61 Å². The monoisotopic (exact) mass is 510 g/mol. The zero-order chi connectivity index (χ0) is 25.4. The third-order valence-corrected chi connectivity index (χ3v) is 10.3. The van der Waals surface area contributed by atoms with E-state index in [-0.39, 0.29) is 29.3 Å². The van der Waals surface area contributed by atoms with E-state index in [0.29, 0.717) is 0 Å². The van der Waals surface area contributed by atoms with Gasteiger partial charge in [-0.25, -0.2) is 16.8 Å². The first-order valence-electron chi connectivity index (χ1n) is 11.4. The van der Waals surface area contributed by atoms with Crippen LogP contribution in [-0.4, -0.2) is 50.6 Å². The van der Waals surface area contributed by atoms with Gasteiger partial charge in [0, 0.05) is 25.2 Å². The van der Waals surface area contributed by atoms with Crippen LogP contribution in [0.3, 0.4) is 0 Å². The predicted molar refractivity (Wildman–Crippen MR) is 139 cm³/mol. The van der Waals surface area contributed by atoms with Crippen LogP contribution in [0.5, 0.6) is 0 Å². The highest BCUT2D eigenvalue weighted by atomic mass is 32.2. The van der Waals surface area contributed by atoms with Crippen LogP contribution in [0.1, 0.15) is 17.5 Å². The Morgan fingerprint density at radius 2 is 1.06 bits per heavy atom. The van der Waals surface area contributed by atoms with E-state index in [2.05, 4.69) is 13.2 Å². The van der Waals surface area contributed by atoms with Crippen molar-refractivity contribution in [2.75, 3.05) is 13.1 Å². The minimum Gasteiger partial charge on any atom is -0.207 e. The van der Waals surface area contributed by atoms with Crippen LogP contribution in [0, 0.1) is 13.8 Å². The SMILES string of the molecule is C=CC1=C[C@H](C[C@@H]2C=C(C=C)CN2S(=O)(=O)c2ccc(C)cc2)N(S(=O)(=O)c2ccc(C)cc2)C1. The third-order valence-electron chi connectivity index (χ3n) is 6.49. The van der Waals surface area contributed by atoms with E-state index in [1.54, 1.807) is 60.7 Å². The van der Waals surface area contributed by atoms with Gasteiger partial charge in [0.15, 0.2) is 0 Å². The van der Waals surface area contributed by atoms with Gasteiger partial charge in [-0.15, -0.1) is 0 Å². The molecule has 0 spiro atoms. The largest absolute Gasteiger partial charge is 0.243 e. The highest BCUT2D eigenvalue weighted by Gasteiger charge is 2.41. The van der Waals surface area contributed by atoms with Crippen LogP contribution >= 0.6 is 0 Å². The molecule has 0 unspecified atom stereocenters. The van der Waals surface area contributed by atoms with Crippen molar-refractivity contribution in [3.05, 3.63) is 108 Å². The summed E-state index contributed by atoms with van der Waals surface area (Å²) in [6.45, 7) is 11.8. The molecule has 0 radical (unpaired) electrons. The van der Waals surface area contributed by atoms with Gasteiger partial charge in [-0.1, -0.05) is 72.9 Å². The number of aryl methyl sites for hydroxylation is 2. The van der Waals surface area contributed by atoms with Crippen LogP contribution in [-0.2, 0) is 20.0 Å². The summed E-state index contributed by atoms with van der Waals surface area (Å²) in [6, 6.07) is 12.5. The van der Waals surface area contributed by atoms with Gasteiger partial charge in [0.25, 0.3) is 0 Å². The maximum atomic E-state index is 13.5. The molecule has 2 aliphatic rings. The maximum absolute atomic E-state index is 13.5. The summed E-state index contributed by atoms with van der Waals surface area (Å²) in [5.74, 6) is 0. The Hall–Kier alpha value is -2.78. The lowest BCUT2D eigenvalue weighted by atomic mass is 10.1. The summed E-state index contributed by atoms with van der Waals surface area (Å²) in [5.41, 5.74) is 3.53. The summed E-state index contributed by atoms with van der Waals surface area (Å²) in [6.07, 6.45) is 7.32. The zero-order valence-corrected chi connectivity index (χ0v) is 21.6. The lowest BCUT2D eigenvalue weighted by Gasteiger charge is -2.30. The first-order valence-corrected chi connectivity index (χ1v) is 14.3. The van der Waals surface area contributed by atoms with Crippen molar-refractivity contribution in [2.24, 2.45) is 0 Å². The minimum absolute atomic E-state index is 0.194. The van der Waals surface area contributed by atoms with Crippen molar-refractivity contribution < 1.29 is 16.8 Å². The number of nitrogens with zero attached hydrogens (tertiary/aromatic N) is 2. The van der Waals surface area contributed by atoms with Gasteiger partial charge in [-0.2, -0.15) is 8.61 Å². The Morgan fingerprint density at radius 1 is 0.714 bits per heavy atom. The Morgan fingerprint density at radius 3 is 1.37 bits per heavy atom. The van der Waals surface area contributed by atoms with Gasteiger partial charge < -0.3 is 0 Å². The van der Waals surface area contributed by atoms with Gasteiger partial charge in [0.1, 0.15) is 0 Å². The molecule has 2 aromatic carbocycles. The Bertz CT molecular complexity index is 1300. The standard InChI is InChI=1S/C27H30N2O4S2/c1-5-22-15-24(28(18-22)34(30,31)26-11-7-20(3)8-12-26)17-25-16-23(6-2)19-29(25)35(32,33)27-13-9-21(4)10-14-27/h5-16,24-25H,1-2,17-19H2,3-4H3/t24-,25+. The summed E-state index contributed by atoms with van der Waals surface area (Å²) in [7, 11) is -7.59. The van der Waals surface area contributed by atoms with Crippen molar-refractivity contribution in [1.29, 1.82) is 0 Å². The second-order valence-electron chi connectivity index (χ2n) is 8.99. The van der Waals surface area contributed by atoms with E-state index in [4.69, 9.17) is 0 Å². The summed E-state index contributed by atoms with van der Waals surface area (Å²) in [4.78, 5) is 0.425. The van der Waals surface area contributed by atoms with E-state index < -0.39 is 32.1 Å². The van der Waals surface area contributed by atoms with Gasteiger partial charge in [0.2, 0.25) is 20.0 Å². The second-order valence-corrected chi connectivity index (χ2v) is 12.8. The fraction of sp³-hybridized carbons (Fsp3) is 0.259. The lowest BCUT2D eigenvalue weighted by Crippen LogP contribution is -2.43. The quantitative estimate of drug-likeness (QED) is 0.529. The van der Waals surface area contributed by atoms with Crippen LogP contribution < -0.4 is 0 Å². The van der Waals surface area contributed by atoms with Crippen LogP contribution in [0.2, 0.25) is 0 Å². The van der Waals surface area contributed by atoms with Gasteiger partial charge in [-0.3, -0.25) is 0 Å². The Kier molecular flexibility index (Phi) is 7.02. The number of sulfonamides is 2. The smallest absolute Gasteiger partial charge is 0.207 e. The first kappa shape index (κ1) is 25.3. The van der Waals surface area contributed by atoms with Crippen LogP contribution in [0.15, 0.2) is 107 Å². The lowest BCUT2D eigenvalue weighted by molar-refractivity contribution is 0.325. The predicted octanol–water partition coefficient (Wildman–Crippen LogP) is 4.36. The van der Waals surface area contributed by atoms with Crippen molar-refractivity contribution in [1.82, 2.24) is 8.61 Å². The van der Waals surface area contributed by atoms with Crippen LogP contribution in [0.25, 0.3) is 0 Å². The molecule has 2 aliphatic heterocycles. The molecule has 0 N–H and O–H groups in total. The molecule has 0 aliphatic carbocycles. The molecule has 4 rings (SSSR count). The van der Waals surface area contributed by atoms with Crippen molar-refractivity contribution >= 4 is 20.0 Å². The average Bonchev–Trinajstić information content (AvgIpc) is 3.44. The molecule has 8 heteroatoms. The van der Waals surface area contributed by atoms with Gasteiger partial charge in [-0.05, 0) is 55.7 Å². The van der Waals surface area contributed by atoms with Crippen LogP contribution in [0.4, 0.5) is 0 Å². The molecular formula is C27H30N2O4S2. The summed E-state index contributed by atoms with van der Waals surface area (Å²) < 4.78 is 57.0. The molecule has 2 aromatic rings. The highest BCUT2D eigenvalue weighted by molar-refractivity contribution is 7.89. The topological polar surface area (TPSA) is 74.8 Å². The van der Waals surface area contributed by atoms with E-state index in [1.807, 2.05) is 26.0 Å². The fourth-order valence-electron chi connectivity index (χ4n) is 4.46. The van der Waals surface area contributed by atoms with Gasteiger partial charge >= 0.3 is 0 Å². The molecule has 0 saturated heterocycles. The van der Waals surface area contributed by atoms with Crippen molar-refractivity contribution in [3.8, 4) is 0 Å². The third kappa shape index (κ3) is 4.97. The normalized spacial score (nSPS) is 21.5. The van der Waals surface area contributed by atoms with E-state index in [0.717, 1.165) is 22.3 Å². The van der Waals surface area contributed by atoms with E-state index >= 15 is 0 Å². The maximum Gasteiger partial charge on any atom is 0.243 e. The highest BCUT2D eigenvalue weighted by Crippen LogP contribution is 2.34. The molecule has 0 amide bonds. The average molecular weight is 511 g/mol. The number of rotatable bonds is 8. The number of hydrogen-bond donors (Lipinski definition) is 0. The van der Waals surface area contributed by atoms with Gasteiger partial charge in [0.05, 0.1) is 9.79 Å². The molecule has 0 saturated carbocycles. The molecule has 184 valence electrons. The molecule has 0 fully saturated rings. The van der Waals surface area contributed by atoms with Crippen molar-refractivity contribution in [2.45, 2.75) is 42.1 Å². The second kappa shape index (κ2) is 9.70. The zero-order valence-electron chi connectivity index (χ0n) is 20.0. The molecule has 0 aromatic heterocycles. The molecule has 6 nitrogen and oxygen atoms in total. The minimum atomic E-state index is -3.79. The first-order chi connectivity index (χ1) is 16.6. The number of hydrogen-bond acceptors (Lipinski definition) is 4. The molecule has 35 heavy (non-hydrogen) atoms. The summed E-state index contributed by atoms with van der Waals surface area (Å²) >= 11 is 0. The molecule has 0 bridgehead atoms. The Balaban J connectivity index is 1.67. The summed E-state index contributed by atoms with van der Waals surface area (Å²) in [5, 5.41) is 0. The number of benzene rings is 2. The molecule has 2 heterocycles. The molecule has 2 atom stereocenters. The van der Waals surface area contributed by atoms with Crippen molar-refractivity contribution in [3.63, 3.8) is 0 Å². The Labute approximate surface area is 208 Å².